The number of anilines is 1. The second-order valence-corrected chi connectivity index (χ2v) is 10.2. The number of methoxy groups -OCH3 is 1. The van der Waals surface area contributed by atoms with Crippen LogP contribution in [0.5, 0.6) is 5.75 Å². The van der Waals surface area contributed by atoms with Crippen molar-refractivity contribution in [2.75, 3.05) is 38.3 Å². The number of aryl methyl sites for hydroxylation is 1. The van der Waals surface area contributed by atoms with Crippen LogP contribution < -0.4 is 9.64 Å². The van der Waals surface area contributed by atoms with Gasteiger partial charge < -0.3 is 19.3 Å². The van der Waals surface area contributed by atoms with Crippen LogP contribution in [0.15, 0.2) is 30.6 Å². The highest BCUT2D eigenvalue weighted by molar-refractivity contribution is 5.90. The van der Waals surface area contributed by atoms with E-state index in [2.05, 4.69) is 19.6 Å². The Labute approximate surface area is 210 Å². The van der Waals surface area contributed by atoms with Gasteiger partial charge in [0.15, 0.2) is 0 Å². The van der Waals surface area contributed by atoms with E-state index in [1.54, 1.807) is 12.1 Å². The van der Waals surface area contributed by atoms with Gasteiger partial charge in [0, 0.05) is 31.5 Å². The SMILES string of the molecule is COC(=O)C1CN1C(=O)Cc1ccc(OCC[C@@H]2C[C@@H]2C2CCN(c3ncc(C)cn3)CC2)cc1F. The van der Waals surface area contributed by atoms with Gasteiger partial charge in [-0.05, 0) is 67.6 Å². The monoisotopic (exact) mass is 496 g/mol. The van der Waals surface area contributed by atoms with Gasteiger partial charge in [-0.25, -0.2) is 19.2 Å². The van der Waals surface area contributed by atoms with Crippen LogP contribution in [0.1, 0.15) is 36.8 Å². The number of nitrogens with zero attached hydrogens (tertiary/aromatic N) is 4. The normalized spacial score (nSPS) is 23.4. The summed E-state index contributed by atoms with van der Waals surface area (Å²) in [6.07, 6.45) is 8.21. The summed E-state index contributed by atoms with van der Waals surface area (Å²) in [5.41, 5.74) is 1.37. The number of carbonyl (C=O) groups excluding carboxylic acids is 2. The minimum atomic E-state index is -0.533. The molecule has 2 aliphatic heterocycles. The molecule has 1 saturated carbocycles. The fraction of sp³-hybridized carbons (Fsp3) is 0.556. The topological polar surface area (TPSA) is 84.6 Å². The summed E-state index contributed by atoms with van der Waals surface area (Å²) in [6.45, 7) is 4.89. The maximum Gasteiger partial charge on any atom is 0.330 e. The molecule has 2 aromatic rings. The molecule has 0 bridgehead atoms. The Hall–Kier alpha value is -3.23. The van der Waals surface area contributed by atoms with E-state index in [0.29, 0.717) is 30.4 Å². The van der Waals surface area contributed by atoms with Gasteiger partial charge in [-0.15, -0.1) is 0 Å². The first-order chi connectivity index (χ1) is 17.4. The smallest absolute Gasteiger partial charge is 0.330 e. The van der Waals surface area contributed by atoms with Crippen LogP contribution in [-0.4, -0.2) is 66.1 Å². The number of hydrogen-bond acceptors (Lipinski definition) is 7. The van der Waals surface area contributed by atoms with E-state index in [-0.39, 0.29) is 12.3 Å². The Morgan fingerprint density at radius 2 is 1.92 bits per heavy atom. The fourth-order valence-electron chi connectivity index (χ4n) is 5.36. The molecular weight excluding hydrogens is 463 g/mol. The summed E-state index contributed by atoms with van der Waals surface area (Å²) >= 11 is 0. The zero-order valence-corrected chi connectivity index (χ0v) is 20.9. The number of carbonyl (C=O) groups is 2. The quantitative estimate of drug-likeness (QED) is 0.389. The van der Waals surface area contributed by atoms with E-state index in [4.69, 9.17) is 4.74 Å². The maximum absolute atomic E-state index is 14.5. The first-order valence-electron chi connectivity index (χ1n) is 12.7. The molecule has 3 fully saturated rings. The Morgan fingerprint density at radius 1 is 1.17 bits per heavy atom. The maximum atomic E-state index is 14.5. The van der Waals surface area contributed by atoms with E-state index in [9.17, 15) is 14.0 Å². The molecule has 1 amide bonds. The number of halogens is 1. The van der Waals surface area contributed by atoms with E-state index in [0.717, 1.165) is 42.9 Å². The molecule has 1 aromatic carbocycles. The zero-order chi connectivity index (χ0) is 25.2. The van der Waals surface area contributed by atoms with Crippen molar-refractivity contribution in [1.82, 2.24) is 14.9 Å². The van der Waals surface area contributed by atoms with Crippen LogP contribution in [0.25, 0.3) is 0 Å². The second kappa shape index (κ2) is 10.4. The Kier molecular flexibility index (Phi) is 7.07. The van der Waals surface area contributed by atoms with Crippen LogP contribution >= 0.6 is 0 Å². The average Bonchev–Trinajstić information content (AvgIpc) is 3.81. The van der Waals surface area contributed by atoms with Gasteiger partial charge in [0.25, 0.3) is 0 Å². The molecule has 0 N–H and O–H groups in total. The molecule has 9 heteroatoms. The number of rotatable bonds is 9. The van der Waals surface area contributed by atoms with Crippen molar-refractivity contribution in [3.05, 3.63) is 47.5 Å². The molecule has 1 aliphatic carbocycles. The lowest BCUT2D eigenvalue weighted by atomic mass is 9.90. The van der Waals surface area contributed by atoms with Gasteiger partial charge in [-0.3, -0.25) is 4.79 Å². The molecule has 3 aliphatic rings. The van der Waals surface area contributed by atoms with Gasteiger partial charge in [-0.2, -0.15) is 0 Å². The summed E-state index contributed by atoms with van der Waals surface area (Å²) in [6, 6.07) is 4.11. The number of amides is 1. The summed E-state index contributed by atoms with van der Waals surface area (Å²) in [7, 11) is 1.29. The van der Waals surface area contributed by atoms with Crippen molar-refractivity contribution < 1.29 is 23.5 Å². The largest absolute Gasteiger partial charge is 0.493 e. The number of ether oxygens (including phenoxy) is 2. The molecule has 192 valence electrons. The molecular formula is C27H33FN4O4. The molecule has 36 heavy (non-hydrogen) atoms. The molecule has 3 atom stereocenters. The minimum absolute atomic E-state index is 0.0851. The van der Waals surface area contributed by atoms with Gasteiger partial charge >= 0.3 is 5.97 Å². The molecule has 8 nitrogen and oxygen atoms in total. The molecule has 0 radical (unpaired) electrons. The van der Waals surface area contributed by atoms with Crippen LogP contribution in [0, 0.1) is 30.5 Å². The number of aromatic nitrogens is 2. The van der Waals surface area contributed by atoms with Crippen LogP contribution in [0.4, 0.5) is 10.3 Å². The summed E-state index contributed by atoms with van der Waals surface area (Å²) in [5.74, 6) is 2.30. The van der Waals surface area contributed by atoms with E-state index in [1.165, 1.54) is 37.3 Å². The standard InChI is InChI=1S/C27H33FN4O4/c1-17-14-29-27(30-15-17)31-8-5-18(6-9-31)22-11-19(22)7-10-36-21-4-3-20(23(28)13-21)12-25(33)32-16-24(32)26(34)35-2/h3-4,13-15,18-19,22,24H,5-12,16H2,1-2H3/t19-,22-,24?,32?/m1/s1. The summed E-state index contributed by atoms with van der Waals surface area (Å²) in [4.78, 5) is 36.3. The second-order valence-electron chi connectivity index (χ2n) is 10.2. The highest BCUT2D eigenvalue weighted by atomic mass is 19.1. The molecule has 0 spiro atoms. The molecule has 2 saturated heterocycles. The summed E-state index contributed by atoms with van der Waals surface area (Å²) in [5, 5.41) is 0. The lowest BCUT2D eigenvalue weighted by Crippen LogP contribution is -2.35. The predicted molar refractivity (Wildman–Crippen MR) is 131 cm³/mol. The van der Waals surface area contributed by atoms with Gasteiger partial charge in [0.1, 0.15) is 17.6 Å². The van der Waals surface area contributed by atoms with Crippen LogP contribution in [-0.2, 0) is 20.7 Å². The van der Waals surface area contributed by atoms with Crippen molar-refractivity contribution in [2.45, 2.75) is 45.1 Å². The number of hydrogen-bond donors (Lipinski definition) is 0. The number of benzene rings is 1. The highest BCUT2D eigenvalue weighted by Gasteiger charge is 2.45. The zero-order valence-electron chi connectivity index (χ0n) is 20.9. The van der Waals surface area contributed by atoms with Crippen molar-refractivity contribution in [1.29, 1.82) is 0 Å². The Balaban J connectivity index is 1.02. The first-order valence-corrected chi connectivity index (χ1v) is 12.7. The number of piperidine rings is 1. The molecule has 5 rings (SSSR count). The van der Waals surface area contributed by atoms with Gasteiger partial charge in [-0.1, -0.05) is 6.07 Å². The van der Waals surface area contributed by atoms with E-state index in [1.807, 2.05) is 19.3 Å². The number of esters is 1. The van der Waals surface area contributed by atoms with Crippen LogP contribution in [0.3, 0.4) is 0 Å². The average molecular weight is 497 g/mol. The van der Waals surface area contributed by atoms with E-state index >= 15 is 0 Å². The van der Waals surface area contributed by atoms with Crippen molar-refractivity contribution in [2.24, 2.45) is 17.8 Å². The highest BCUT2D eigenvalue weighted by Crippen LogP contribution is 2.49. The Morgan fingerprint density at radius 3 is 2.61 bits per heavy atom. The molecule has 1 aromatic heterocycles. The van der Waals surface area contributed by atoms with Gasteiger partial charge in [0.05, 0.1) is 26.7 Å². The third-order valence-corrected chi connectivity index (χ3v) is 7.70. The van der Waals surface area contributed by atoms with Gasteiger partial charge in [0.2, 0.25) is 11.9 Å². The third kappa shape index (κ3) is 5.60. The predicted octanol–water partition coefficient (Wildman–Crippen LogP) is 3.17. The van der Waals surface area contributed by atoms with E-state index < -0.39 is 17.8 Å². The molecule has 1 unspecified atom stereocenters. The lowest BCUT2D eigenvalue weighted by molar-refractivity contribution is -0.142. The van der Waals surface area contributed by atoms with Crippen LogP contribution in [0.2, 0.25) is 0 Å². The van der Waals surface area contributed by atoms with Crippen molar-refractivity contribution in [3.8, 4) is 5.75 Å². The Bertz CT molecular complexity index is 1100. The third-order valence-electron chi connectivity index (χ3n) is 7.70. The first kappa shape index (κ1) is 24.5. The van der Waals surface area contributed by atoms with Crippen molar-refractivity contribution >= 4 is 17.8 Å². The minimum Gasteiger partial charge on any atom is -0.493 e. The fourth-order valence-corrected chi connectivity index (χ4v) is 5.36. The lowest BCUT2D eigenvalue weighted by Gasteiger charge is -2.32. The summed E-state index contributed by atoms with van der Waals surface area (Å²) < 4.78 is 25.0. The van der Waals surface area contributed by atoms with Crippen molar-refractivity contribution in [3.63, 3.8) is 0 Å². The molecule has 3 heterocycles.